The summed E-state index contributed by atoms with van der Waals surface area (Å²) >= 11 is 6.04. The minimum absolute atomic E-state index is 0.0656. The smallest absolute Gasteiger partial charge is 0.243 e. The van der Waals surface area contributed by atoms with Crippen LogP contribution in [0.1, 0.15) is 12.8 Å². The summed E-state index contributed by atoms with van der Waals surface area (Å²) < 4.78 is 28.9. The average molecular weight is 468 g/mol. The lowest BCUT2D eigenvalue weighted by Gasteiger charge is -2.24. The molecule has 0 bridgehead atoms. The van der Waals surface area contributed by atoms with E-state index in [1.165, 1.54) is 28.8 Å². The third-order valence-corrected chi connectivity index (χ3v) is 7.37. The van der Waals surface area contributed by atoms with Crippen LogP contribution < -0.4 is 15.5 Å². The van der Waals surface area contributed by atoms with Crippen molar-refractivity contribution < 1.29 is 13.2 Å². The molecule has 12 heteroatoms. The predicted molar refractivity (Wildman–Crippen MR) is 120 cm³/mol. The van der Waals surface area contributed by atoms with Crippen LogP contribution in [-0.2, 0) is 14.8 Å². The Morgan fingerprint density at radius 1 is 1.39 bits per heavy atom. The lowest BCUT2D eigenvalue weighted by atomic mass is 10.1. The third kappa shape index (κ3) is 4.90. The summed E-state index contributed by atoms with van der Waals surface area (Å²) in [7, 11) is -0.0921. The Labute approximate surface area is 186 Å². The summed E-state index contributed by atoms with van der Waals surface area (Å²) in [6, 6.07) is 3.82. The van der Waals surface area contributed by atoms with Gasteiger partial charge in [0.05, 0.1) is 16.8 Å². The number of nitrogens with one attached hydrogen (secondary N) is 2. The van der Waals surface area contributed by atoms with Gasteiger partial charge in [0, 0.05) is 48.4 Å². The van der Waals surface area contributed by atoms with Gasteiger partial charge in [0.1, 0.15) is 6.04 Å². The number of halogens is 1. The molecule has 1 aromatic carbocycles. The van der Waals surface area contributed by atoms with Crippen LogP contribution in [0.25, 0.3) is 10.8 Å². The second kappa shape index (κ2) is 9.35. The highest BCUT2D eigenvalue weighted by molar-refractivity contribution is 7.89. The van der Waals surface area contributed by atoms with E-state index in [4.69, 9.17) is 22.9 Å². The molecule has 1 saturated heterocycles. The van der Waals surface area contributed by atoms with Crippen molar-refractivity contribution in [3.8, 4) is 0 Å². The molecule has 0 radical (unpaired) electrons. The van der Waals surface area contributed by atoms with E-state index < -0.39 is 16.1 Å². The van der Waals surface area contributed by atoms with E-state index in [9.17, 15) is 13.2 Å². The van der Waals surface area contributed by atoms with Gasteiger partial charge in [-0.05, 0) is 39.1 Å². The van der Waals surface area contributed by atoms with Gasteiger partial charge in [-0.2, -0.15) is 4.31 Å². The Hall–Kier alpha value is -2.47. The summed E-state index contributed by atoms with van der Waals surface area (Å²) in [4.78, 5) is 18.7. The molecule has 2 aromatic rings. The van der Waals surface area contributed by atoms with Gasteiger partial charge in [0.2, 0.25) is 21.9 Å². The molecular weight excluding hydrogens is 442 g/mol. The number of aromatic nitrogens is 1. The monoisotopic (exact) mass is 467 g/mol. The first-order valence-corrected chi connectivity index (χ1v) is 11.5. The van der Waals surface area contributed by atoms with Crippen molar-refractivity contribution in [1.29, 1.82) is 5.41 Å². The number of carbonyl (C=O) groups is 1. The number of anilines is 1. The molecule has 168 valence electrons. The lowest BCUT2D eigenvalue weighted by molar-refractivity contribution is -0.124. The number of rotatable bonds is 7. The zero-order valence-corrected chi connectivity index (χ0v) is 18.9. The van der Waals surface area contributed by atoms with Crippen LogP contribution in [0.15, 0.2) is 35.5 Å². The quantitative estimate of drug-likeness (QED) is 0.313. The fourth-order valence-electron chi connectivity index (χ4n) is 3.53. The Kier molecular flexibility index (Phi) is 6.99. The Morgan fingerprint density at radius 3 is 2.81 bits per heavy atom. The second-order valence-electron chi connectivity index (χ2n) is 7.58. The predicted octanol–water partition coefficient (Wildman–Crippen LogP) is 0.919. The molecule has 1 amide bonds. The van der Waals surface area contributed by atoms with Crippen molar-refractivity contribution in [2.75, 3.05) is 38.1 Å². The van der Waals surface area contributed by atoms with Crippen molar-refractivity contribution in [3.63, 3.8) is 0 Å². The number of nitrogens with zero attached hydrogens (tertiary/aromatic N) is 4. The van der Waals surface area contributed by atoms with E-state index in [1.54, 1.807) is 6.07 Å². The molecule has 31 heavy (non-hydrogen) atoms. The molecule has 10 nitrogen and oxygen atoms in total. The fraction of sp³-hybridized carbons (Fsp3) is 0.421. The molecule has 0 aliphatic carbocycles. The molecule has 1 aliphatic rings. The molecule has 1 fully saturated rings. The van der Waals surface area contributed by atoms with Crippen molar-refractivity contribution in [2.24, 2.45) is 5.73 Å². The van der Waals surface area contributed by atoms with Gasteiger partial charge >= 0.3 is 0 Å². The number of amides is 1. The number of fused-ring (bicyclic) bond motifs is 1. The molecule has 1 atom stereocenters. The van der Waals surface area contributed by atoms with Gasteiger partial charge in [-0.1, -0.05) is 6.07 Å². The van der Waals surface area contributed by atoms with Crippen LogP contribution in [0.5, 0.6) is 0 Å². The Bertz CT molecular complexity index is 1090. The largest absolute Gasteiger partial charge is 0.369 e. The summed E-state index contributed by atoms with van der Waals surface area (Å²) in [6.45, 7) is 1.40. The van der Waals surface area contributed by atoms with E-state index in [2.05, 4.69) is 10.3 Å². The number of nitrogens with two attached hydrogens (primary N) is 1. The number of hydrogen-bond donors (Lipinski definition) is 3. The standard InChI is InChI=1S/C19H26ClN7O3S/c1-25(2)9-7-24-18(28)16-4-3-8-26(16)31(29,30)14-5-6-15-13(10-14)11-23-12-17(15)27(20)19(21)22/h5-6,10-12,16H,3-4,7-9H2,1-2H3,(H3,21,22)(H,24,28)/t16-/m1/s1. The molecule has 2 heterocycles. The molecule has 0 spiro atoms. The topological polar surface area (TPSA) is 136 Å². The summed E-state index contributed by atoms with van der Waals surface area (Å²) in [5.74, 6) is -0.667. The number of guanidine groups is 1. The van der Waals surface area contributed by atoms with Crippen LogP contribution in [0, 0.1) is 5.41 Å². The van der Waals surface area contributed by atoms with Gasteiger partial charge < -0.3 is 16.0 Å². The first-order valence-electron chi connectivity index (χ1n) is 9.75. The molecule has 3 rings (SSSR count). The first-order chi connectivity index (χ1) is 14.6. The van der Waals surface area contributed by atoms with E-state index in [-0.39, 0.29) is 23.3 Å². The number of benzene rings is 1. The minimum Gasteiger partial charge on any atom is -0.369 e. The highest BCUT2D eigenvalue weighted by atomic mass is 35.5. The van der Waals surface area contributed by atoms with Crippen LogP contribution in [0.2, 0.25) is 0 Å². The average Bonchev–Trinajstić information content (AvgIpc) is 3.23. The van der Waals surface area contributed by atoms with Crippen LogP contribution in [-0.4, -0.2) is 74.2 Å². The highest BCUT2D eigenvalue weighted by Gasteiger charge is 2.39. The zero-order valence-electron chi connectivity index (χ0n) is 17.4. The molecule has 1 aromatic heterocycles. The van der Waals surface area contributed by atoms with E-state index in [1.807, 2.05) is 19.0 Å². The maximum atomic E-state index is 13.3. The summed E-state index contributed by atoms with van der Waals surface area (Å²) in [5.41, 5.74) is 5.81. The summed E-state index contributed by atoms with van der Waals surface area (Å²) in [6.07, 6.45) is 4.05. The maximum absolute atomic E-state index is 13.3. The first kappa shape index (κ1) is 23.2. The van der Waals surface area contributed by atoms with Crippen LogP contribution in [0.3, 0.4) is 0 Å². The van der Waals surface area contributed by atoms with Gasteiger partial charge in [0.25, 0.3) is 0 Å². The number of likely N-dealkylation sites (N-methyl/N-ethyl adjacent to an activating group) is 1. The van der Waals surface area contributed by atoms with Crippen LogP contribution in [0.4, 0.5) is 5.69 Å². The molecule has 1 aliphatic heterocycles. The molecule has 0 unspecified atom stereocenters. The normalized spacial score (nSPS) is 17.2. The van der Waals surface area contributed by atoms with Gasteiger partial charge in [-0.3, -0.25) is 15.2 Å². The third-order valence-electron chi connectivity index (χ3n) is 5.10. The number of sulfonamides is 1. The number of carbonyl (C=O) groups excluding carboxylic acids is 1. The van der Waals surface area contributed by atoms with Crippen molar-refractivity contribution in [2.45, 2.75) is 23.8 Å². The van der Waals surface area contributed by atoms with Crippen LogP contribution >= 0.6 is 11.8 Å². The second-order valence-corrected chi connectivity index (χ2v) is 9.80. The van der Waals surface area contributed by atoms with Gasteiger partial charge in [-0.25, -0.2) is 12.8 Å². The minimum atomic E-state index is -3.89. The Morgan fingerprint density at radius 2 is 2.13 bits per heavy atom. The molecule has 0 saturated carbocycles. The fourth-order valence-corrected chi connectivity index (χ4v) is 5.36. The highest BCUT2D eigenvalue weighted by Crippen LogP contribution is 2.31. The summed E-state index contributed by atoms with van der Waals surface area (Å²) in [5, 5.41) is 11.4. The number of pyridine rings is 1. The maximum Gasteiger partial charge on any atom is 0.243 e. The SMILES string of the molecule is CN(C)CCNC(=O)[C@H]1CCCN1S(=O)(=O)c1ccc2c(N(Cl)C(=N)N)cncc2c1. The van der Waals surface area contributed by atoms with Crippen molar-refractivity contribution >= 4 is 50.1 Å². The molecule has 4 N–H and O–H groups in total. The van der Waals surface area contributed by atoms with Gasteiger partial charge in [-0.15, -0.1) is 0 Å². The van der Waals surface area contributed by atoms with E-state index >= 15 is 0 Å². The zero-order chi connectivity index (χ0) is 22.8. The Balaban J connectivity index is 1.88. The van der Waals surface area contributed by atoms with Crippen molar-refractivity contribution in [1.82, 2.24) is 19.5 Å². The molecular formula is C19H26ClN7O3S. The van der Waals surface area contributed by atoms with Crippen molar-refractivity contribution in [3.05, 3.63) is 30.6 Å². The van der Waals surface area contributed by atoms with Gasteiger partial charge in [0.15, 0.2) is 0 Å². The number of hydrogen-bond acceptors (Lipinski definition) is 6. The van der Waals surface area contributed by atoms with E-state index in [0.717, 1.165) is 4.42 Å². The lowest BCUT2D eigenvalue weighted by Crippen LogP contribution is -2.47. The van der Waals surface area contributed by atoms with E-state index in [0.29, 0.717) is 42.4 Å².